The zero-order chi connectivity index (χ0) is 19.4. The average molecular weight is 388 g/mol. The second kappa shape index (κ2) is 13.9. The fourth-order valence-corrected chi connectivity index (χ4v) is 1.29. The molecule has 0 aliphatic rings. The molecule has 0 aliphatic heterocycles. The number of aromatic carboxylic acids is 2. The molecule has 0 atom stereocenters. The van der Waals surface area contributed by atoms with Crippen LogP contribution in [-0.2, 0) is 4.79 Å². The molecule has 9 heteroatoms. The molecule has 2 rings (SSSR count). The molecule has 0 saturated carbocycles. The first-order chi connectivity index (χ1) is 11.7. The largest absolute Gasteiger partial charge is 2.00 e. The van der Waals surface area contributed by atoms with Crippen molar-refractivity contribution in [3.05, 3.63) is 59.7 Å². The summed E-state index contributed by atoms with van der Waals surface area (Å²) in [5, 5.41) is 45.8. The number of aliphatic carboxylic acids is 1. The minimum Gasteiger partial charge on any atom is -0.872 e. The summed E-state index contributed by atoms with van der Waals surface area (Å²) in [6.07, 6.45) is 0.222. The van der Waals surface area contributed by atoms with Crippen LogP contribution in [0.15, 0.2) is 48.5 Å². The molecule has 0 spiro atoms. The van der Waals surface area contributed by atoms with Crippen molar-refractivity contribution in [2.45, 2.75) is 13.3 Å². The normalized spacial score (nSPS) is 8.50. The molecule has 0 unspecified atom stereocenters. The molecule has 0 fully saturated rings. The Balaban J connectivity index is 0. The standard InChI is InChI=1S/2C7H6O3.C3H6O2.Ca/c2*8-6-4-2-1-3-5(6)7(9)10;1-2-3(4)5;/h2*1-4,8H,(H,9,10);2H2,1H3,(H,4,5);/q;;;+2/p-2. The van der Waals surface area contributed by atoms with Crippen molar-refractivity contribution in [1.82, 2.24) is 0 Å². The fourth-order valence-electron chi connectivity index (χ4n) is 1.29. The zero-order valence-corrected chi connectivity index (χ0v) is 16.1. The van der Waals surface area contributed by atoms with E-state index in [2.05, 4.69) is 0 Å². The Morgan fingerprint density at radius 1 is 0.769 bits per heavy atom. The molecular formula is C17H16CaO8. The monoisotopic (exact) mass is 388 g/mol. The second-order valence-electron chi connectivity index (χ2n) is 4.35. The molecule has 134 valence electrons. The predicted molar refractivity (Wildman–Crippen MR) is 89.4 cm³/mol. The third-order valence-corrected chi connectivity index (χ3v) is 2.54. The van der Waals surface area contributed by atoms with Crippen LogP contribution in [0.1, 0.15) is 34.1 Å². The van der Waals surface area contributed by atoms with Crippen molar-refractivity contribution in [3.63, 3.8) is 0 Å². The molecule has 3 N–H and O–H groups in total. The number of hydrogen-bond acceptors (Lipinski definition) is 5. The van der Waals surface area contributed by atoms with E-state index in [0.29, 0.717) is 0 Å². The van der Waals surface area contributed by atoms with Crippen molar-refractivity contribution in [2.24, 2.45) is 0 Å². The van der Waals surface area contributed by atoms with Gasteiger partial charge in [0.2, 0.25) is 0 Å². The fraction of sp³-hybridized carbons (Fsp3) is 0.118. The van der Waals surface area contributed by atoms with E-state index >= 15 is 0 Å². The number of carboxylic acids is 3. The van der Waals surface area contributed by atoms with Crippen LogP contribution in [0.5, 0.6) is 11.5 Å². The SMILES string of the molecule is CCC(=O)O.O=C(O)c1ccccc1[O-].O=C(O)c1ccccc1[O-].[Ca+2]. The maximum absolute atomic E-state index is 10.7. The van der Waals surface area contributed by atoms with Crippen LogP contribution < -0.4 is 10.2 Å². The average Bonchev–Trinajstić information content (AvgIpc) is 2.56. The Morgan fingerprint density at radius 2 is 1.04 bits per heavy atom. The molecule has 0 aliphatic carbocycles. The zero-order valence-electron chi connectivity index (χ0n) is 13.9. The van der Waals surface area contributed by atoms with Gasteiger partial charge in [-0.25, -0.2) is 9.59 Å². The molecule has 8 nitrogen and oxygen atoms in total. The molecule has 0 amide bonds. The molecule has 0 aromatic heterocycles. The number of rotatable bonds is 3. The van der Waals surface area contributed by atoms with E-state index in [1.165, 1.54) is 48.5 Å². The van der Waals surface area contributed by atoms with Crippen molar-refractivity contribution >= 4 is 55.6 Å². The van der Waals surface area contributed by atoms with Crippen molar-refractivity contribution in [2.75, 3.05) is 0 Å². The van der Waals surface area contributed by atoms with Gasteiger partial charge >= 0.3 is 55.6 Å². The van der Waals surface area contributed by atoms with Gasteiger partial charge in [-0.05, 0) is 12.1 Å². The van der Waals surface area contributed by atoms with E-state index in [4.69, 9.17) is 15.3 Å². The van der Waals surface area contributed by atoms with Crippen molar-refractivity contribution < 1.29 is 39.9 Å². The molecular weight excluding hydrogens is 372 g/mol. The van der Waals surface area contributed by atoms with Crippen LogP contribution in [0.25, 0.3) is 0 Å². The van der Waals surface area contributed by atoms with E-state index < -0.39 is 29.4 Å². The number of hydrogen-bond donors (Lipinski definition) is 3. The minimum absolute atomic E-state index is 0. The maximum atomic E-state index is 10.7. The summed E-state index contributed by atoms with van der Waals surface area (Å²) in [4.78, 5) is 29.8. The molecule has 0 saturated heterocycles. The van der Waals surface area contributed by atoms with Crippen LogP contribution in [0.4, 0.5) is 0 Å². The first-order valence-corrected chi connectivity index (χ1v) is 6.91. The van der Waals surface area contributed by atoms with Gasteiger partial charge in [0.05, 0.1) is 11.1 Å². The molecule has 0 radical (unpaired) electrons. The number of carbonyl (C=O) groups is 3. The summed E-state index contributed by atoms with van der Waals surface area (Å²) < 4.78 is 0. The van der Waals surface area contributed by atoms with Gasteiger partial charge in [-0.2, -0.15) is 0 Å². The Kier molecular flexibility index (Phi) is 13.9. The number of para-hydroxylation sites is 2. The summed E-state index contributed by atoms with van der Waals surface area (Å²) in [6.45, 7) is 1.60. The molecule has 2 aromatic rings. The molecule has 0 bridgehead atoms. The van der Waals surface area contributed by atoms with Crippen molar-refractivity contribution in [1.29, 1.82) is 0 Å². The Morgan fingerprint density at radius 3 is 1.19 bits per heavy atom. The van der Waals surface area contributed by atoms with Gasteiger partial charge in [0.1, 0.15) is 0 Å². The van der Waals surface area contributed by atoms with Crippen LogP contribution in [0.2, 0.25) is 0 Å². The smallest absolute Gasteiger partial charge is 0.872 e. The van der Waals surface area contributed by atoms with Gasteiger partial charge in [-0.3, -0.25) is 4.79 Å². The number of benzene rings is 2. The first kappa shape index (κ1) is 25.9. The summed E-state index contributed by atoms with van der Waals surface area (Å²) >= 11 is 0. The first-order valence-electron chi connectivity index (χ1n) is 6.91. The summed E-state index contributed by atoms with van der Waals surface area (Å²) in [5.41, 5.74) is -0.356. The van der Waals surface area contributed by atoms with Crippen LogP contribution in [-0.4, -0.2) is 71.0 Å². The molecule has 2 aromatic carbocycles. The van der Waals surface area contributed by atoms with Crippen LogP contribution >= 0.6 is 0 Å². The van der Waals surface area contributed by atoms with Gasteiger partial charge in [0.25, 0.3) is 0 Å². The Hall–Kier alpha value is -2.29. The van der Waals surface area contributed by atoms with E-state index in [9.17, 15) is 24.6 Å². The van der Waals surface area contributed by atoms with E-state index in [1.807, 2.05) is 0 Å². The number of carboxylic acid groups (broad SMARTS) is 3. The topological polar surface area (TPSA) is 158 Å². The third-order valence-electron chi connectivity index (χ3n) is 2.54. The van der Waals surface area contributed by atoms with E-state index in [0.717, 1.165) is 0 Å². The Bertz CT molecular complexity index is 675. The van der Waals surface area contributed by atoms with Gasteiger partial charge in [-0.15, -0.1) is 0 Å². The van der Waals surface area contributed by atoms with Crippen LogP contribution in [0, 0.1) is 0 Å². The van der Waals surface area contributed by atoms with Gasteiger partial charge in [-0.1, -0.05) is 54.8 Å². The quantitative estimate of drug-likeness (QED) is 0.657. The van der Waals surface area contributed by atoms with E-state index in [-0.39, 0.29) is 55.3 Å². The summed E-state index contributed by atoms with van der Waals surface area (Å²) in [7, 11) is 0. The molecule has 0 heterocycles. The Labute approximate surface area is 179 Å². The summed E-state index contributed by atoms with van der Waals surface area (Å²) in [5.74, 6) is -3.99. The van der Waals surface area contributed by atoms with Gasteiger partial charge < -0.3 is 25.5 Å². The van der Waals surface area contributed by atoms with Crippen LogP contribution in [0.3, 0.4) is 0 Å². The third kappa shape index (κ3) is 10.5. The predicted octanol–water partition coefficient (Wildman–Crippen LogP) is 1.02. The molecule has 26 heavy (non-hydrogen) atoms. The summed E-state index contributed by atoms with van der Waals surface area (Å²) in [6, 6.07) is 11.1. The van der Waals surface area contributed by atoms with E-state index in [1.54, 1.807) is 6.92 Å². The minimum atomic E-state index is -1.18. The second-order valence-corrected chi connectivity index (χ2v) is 4.35. The maximum Gasteiger partial charge on any atom is 2.00 e. The van der Waals surface area contributed by atoms with Gasteiger partial charge in [0.15, 0.2) is 0 Å². The van der Waals surface area contributed by atoms with Crippen molar-refractivity contribution in [3.8, 4) is 11.5 Å². The van der Waals surface area contributed by atoms with Gasteiger partial charge in [0, 0.05) is 6.42 Å².